The lowest BCUT2D eigenvalue weighted by atomic mass is 9.98. The van der Waals surface area contributed by atoms with Gasteiger partial charge in [-0.05, 0) is 18.9 Å². The van der Waals surface area contributed by atoms with Crippen LogP contribution in [0.4, 0.5) is 11.4 Å². The zero-order valence-corrected chi connectivity index (χ0v) is 18.0. The first-order valence-electron chi connectivity index (χ1n) is 10.4. The summed E-state index contributed by atoms with van der Waals surface area (Å²) in [6.45, 7) is 3.54. The van der Waals surface area contributed by atoms with E-state index in [0.29, 0.717) is 32.6 Å². The molecule has 1 saturated heterocycles. The molecule has 11 heteroatoms. The fourth-order valence-electron chi connectivity index (χ4n) is 3.96. The summed E-state index contributed by atoms with van der Waals surface area (Å²) in [7, 11) is 0. The van der Waals surface area contributed by atoms with Crippen LogP contribution >= 0.6 is 0 Å². The molecule has 0 bridgehead atoms. The van der Waals surface area contributed by atoms with Gasteiger partial charge in [0.2, 0.25) is 0 Å². The van der Waals surface area contributed by atoms with Gasteiger partial charge in [0.15, 0.2) is 0 Å². The number of nitro groups is 2. The molecule has 0 aliphatic carbocycles. The number of carboxylic acids is 1. The van der Waals surface area contributed by atoms with Crippen LogP contribution in [0.1, 0.15) is 40.4 Å². The Morgan fingerprint density at radius 3 is 2.00 bits per heavy atom. The van der Waals surface area contributed by atoms with Crippen molar-refractivity contribution < 1.29 is 24.5 Å². The molecule has 0 aromatic heterocycles. The van der Waals surface area contributed by atoms with Gasteiger partial charge >= 0.3 is 5.97 Å². The normalized spacial score (nSPS) is 15.1. The maximum absolute atomic E-state index is 12.9. The smallest absolute Gasteiger partial charge is 0.303 e. The first-order valence-corrected chi connectivity index (χ1v) is 10.4. The molecule has 1 aliphatic heterocycles. The van der Waals surface area contributed by atoms with Crippen LogP contribution in [-0.2, 0) is 4.79 Å². The van der Waals surface area contributed by atoms with E-state index < -0.39 is 33.1 Å². The number of benzene rings is 2. The van der Waals surface area contributed by atoms with Crippen LogP contribution in [-0.4, -0.2) is 62.8 Å². The molecule has 1 amide bonds. The number of carbonyl (C=O) groups excluding carboxylic acids is 1. The van der Waals surface area contributed by atoms with E-state index >= 15 is 0 Å². The highest BCUT2D eigenvalue weighted by Crippen LogP contribution is 2.28. The summed E-state index contributed by atoms with van der Waals surface area (Å²) < 4.78 is 0. The molecule has 1 aliphatic rings. The Balaban J connectivity index is 1.75. The highest BCUT2D eigenvalue weighted by atomic mass is 16.6. The Morgan fingerprint density at radius 2 is 1.52 bits per heavy atom. The third kappa shape index (κ3) is 5.89. The quantitative estimate of drug-likeness (QED) is 0.470. The average molecular weight is 456 g/mol. The molecule has 2 aromatic carbocycles. The third-order valence-electron chi connectivity index (χ3n) is 5.71. The molecular formula is C22H24N4O7. The van der Waals surface area contributed by atoms with Crippen molar-refractivity contribution in [1.82, 2.24) is 9.80 Å². The van der Waals surface area contributed by atoms with Crippen LogP contribution in [0.5, 0.6) is 0 Å². The summed E-state index contributed by atoms with van der Waals surface area (Å²) >= 11 is 0. The maximum atomic E-state index is 12.9. The van der Waals surface area contributed by atoms with Gasteiger partial charge < -0.3 is 10.0 Å². The van der Waals surface area contributed by atoms with Gasteiger partial charge in [-0.25, -0.2) is 0 Å². The fourth-order valence-corrected chi connectivity index (χ4v) is 3.96. The summed E-state index contributed by atoms with van der Waals surface area (Å²) in [5.41, 5.74) is 0.956. The zero-order valence-electron chi connectivity index (χ0n) is 18.0. The number of amides is 1. The van der Waals surface area contributed by atoms with Gasteiger partial charge in [0.1, 0.15) is 0 Å². The highest BCUT2D eigenvalue weighted by molar-refractivity contribution is 5.95. The first-order chi connectivity index (χ1) is 15.7. The van der Waals surface area contributed by atoms with E-state index in [2.05, 4.69) is 4.90 Å². The van der Waals surface area contributed by atoms with Crippen LogP contribution < -0.4 is 0 Å². The molecule has 1 atom stereocenters. The number of hydrogen-bond donors (Lipinski definition) is 1. The Kier molecular flexibility index (Phi) is 7.34. The summed E-state index contributed by atoms with van der Waals surface area (Å²) in [6, 6.07) is 10.7. The predicted octanol–water partition coefficient (Wildman–Crippen LogP) is 3.18. The van der Waals surface area contributed by atoms with Gasteiger partial charge in [-0.15, -0.1) is 0 Å². The van der Waals surface area contributed by atoms with E-state index in [1.165, 1.54) is 4.90 Å². The number of non-ortho nitro benzene ring substituents is 2. The largest absolute Gasteiger partial charge is 0.481 e. The molecule has 33 heavy (non-hydrogen) atoms. The van der Waals surface area contributed by atoms with Crippen LogP contribution in [0.15, 0.2) is 42.5 Å². The molecular weight excluding hydrogens is 432 g/mol. The van der Waals surface area contributed by atoms with E-state index in [0.717, 1.165) is 29.3 Å². The minimum absolute atomic E-state index is 0.00897. The summed E-state index contributed by atoms with van der Waals surface area (Å²) in [6.07, 6.45) is 0.429. The lowest BCUT2D eigenvalue weighted by Gasteiger charge is -2.39. The standard InChI is InChI=1S/C22H24N4O7/c1-15-2-4-16(5-3-15)20(6-7-21(27)28)23-8-10-24(11-9-23)22(29)17-12-18(25(30)31)14-19(13-17)26(32)33/h2-5,12-14,20H,6-11H2,1H3,(H,27,28)/t20-/m1/s1. The molecule has 1 N–H and O–H groups in total. The third-order valence-corrected chi connectivity index (χ3v) is 5.71. The van der Waals surface area contributed by atoms with E-state index in [1.807, 2.05) is 31.2 Å². The van der Waals surface area contributed by atoms with Gasteiger partial charge in [-0.1, -0.05) is 29.8 Å². The second-order valence-corrected chi connectivity index (χ2v) is 7.94. The first kappa shape index (κ1) is 23.8. The van der Waals surface area contributed by atoms with Gasteiger partial charge in [0, 0.05) is 50.8 Å². The Labute approximate surface area is 189 Å². The second kappa shape index (κ2) is 10.2. The molecule has 174 valence electrons. The Bertz CT molecular complexity index is 1030. The number of aliphatic carboxylic acids is 1. The van der Waals surface area contributed by atoms with Crippen molar-refractivity contribution in [2.45, 2.75) is 25.8 Å². The molecule has 1 heterocycles. The summed E-state index contributed by atoms with van der Waals surface area (Å²) in [4.78, 5) is 48.4. The van der Waals surface area contributed by atoms with Crippen molar-refractivity contribution in [3.63, 3.8) is 0 Å². The number of hydrogen-bond acceptors (Lipinski definition) is 7. The maximum Gasteiger partial charge on any atom is 0.303 e. The monoisotopic (exact) mass is 456 g/mol. The van der Waals surface area contributed by atoms with E-state index in [-0.39, 0.29) is 18.0 Å². The molecule has 11 nitrogen and oxygen atoms in total. The number of nitrogens with zero attached hydrogens (tertiary/aromatic N) is 4. The second-order valence-electron chi connectivity index (χ2n) is 7.94. The lowest BCUT2D eigenvalue weighted by Crippen LogP contribution is -2.49. The van der Waals surface area contributed by atoms with Crippen molar-refractivity contribution in [3.05, 3.63) is 79.4 Å². The van der Waals surface area contributed by atoms with Gasteiger partial charge in [-0.3, -0.25) is 34.7 Å². The van der Waals surface area contributed by atoms with E-state index in [4.69, 9.17) is 5.11 Å². The molecule has 0 unspecified atom stereocenters. The molecule has 3 rings (SSSR count). The van der Waals surface area contributed by atoms with Crippen molar-refractivity contribution in [3.8, 4) is 0 Å². The Hall–Kier alpha value is -3.86. The van der Waals surface area contributed by atoms with E-state index in [1.54, 1.807) is 0 Å². The van der Waals surface area contributed by atoms with Crippen molar-refractivity contribution in [2.24, 2.45) is 0 Å². The minimum Gasteiger partial charge on any atom is -0.481 e. The summed E-state index contributed by atoms with van der Waals surface area (Å²) in [5, 5.41) is 31.4. The van der Waals surface area contributed by atoms with Crippen LogP contribution in [0.3, 0.4) is 0 Å². The predicted molar refractivity (Wildman–Crippen MR) is 118 cm³/mol. The number of aryl methyl sites for hydroxylation is 1. The molecule has 2 aromatic rings. The average Bonchev–Trinajstić information content (AvgIpc) is 2.79. The molecule has 0 saturated carbocycles. The fraction of sp³-hybridized carbons (Fsp3) is 0.364. The van der Waals surface area contributed by atoms with Gasteiger partial charge in [0.05, 0.1) is 21.5 Å². The minimum atomic E-state index is -0.881. The van der Waals surface area contributed by atoms with Gasteiger partial charge in [-0.2, -0.15) is 0 Å². The van der Waals surface area contributed by atoms with Crippen molar-refractivity contribution in [2.75, 3.05) is 26.2 Å². The molecule has 0 spiro atoms. The SMILES string of the molecule is Cc1ccc([C@@H](CCC(=O)O)N2CCN(C(=O)c3cc([N+](=O)[O-])cc([N+](=O)[O-])c3)CC2)cc1. The van der Waals surface area contributed by atoms with Crippen LogP contribution in [0.2, 0.25) is 0 Å². The van der Waals surface area contributed by atoms with Crippen LogP contribution in [0, 0.1) is 27.2 Å². The van der Waals surface area contributed by atoms with E-state index in [9.17, 15) is 29.8 Å². The number of nitro benzene ring substituents is 2. The highest BCUT2D eigenvalue weighted by Gasteiger charge is 2.29. The topological polar surface area (TPSA) is 147 Å². The number of carbonyl (C=O) groups is 2. The number of piperazine rings is 1. The summed E-state index contributed by atoms with van der Waals surface area (Å²) in [5.74, 6) is -1.40. The molecule has 0 radical (unpaired) electrons. The lowest BCUT2D eigenvalue weighted by molar-refractivity contribution is -0.394. The number of rotatable bonds is 8. The van der Waals surface area contributed by atoms with Crippen LogP contribution in [0.25, 0.3) is 0 Å². The van der Waals surface area contributed by atoms with Crippen molar-refractivity contribution in [1.29, 1.82) is 0 Å². The zero-order chi connectivity index (χ0) is 24.1. The van der Waals surface area contributed by atoms with Gasteiger partial charge in [0.25, 0.3) is 17.3 Å². The van der Waals surface area contributed by atoms with Crippen molar-refractivity contribution >= 4 is 23.3 Å². The number of carboxylic acid groups (broad SMARTS) is 1. The molecule has 1 fully saturated rings. The Morgan fingerprint density at radius 1 is 0.970 bits per heavy atom.